The minimum absolute atomic E-state index is 0.000960. The van der Waals surface area contributed by atoms with E-state index in [2.05, 4.69) is 35.1 Å². The number of amides is 1. The lowest BCUT2D eigenvalue weighted by Gasteiger charge is -2.23. The topological polar surface area (TPSA) is 29.1 Å². The number of carbonyl (C=O) groups excluding carboxylic acids is 1. The van der Waals surface area contributed by atoms with Gasteiger partial charge in [0, 0.05) is 11.9 Å². The molecule has 0 unspecified atom stereocenters. The van der Waals surface area contributed by atoms with Crippen LogP contribution >= 0.6 is 39.1 Å². The molecule has 1 aromatic rings. The summed E-state index contributed by atoms with van der Waals surface area (Å²) in [6.45, 7) is 4.93. The number of alkyl halides is 1. The van der Waals surface area contributed by atoms with Gasteiger partial charge in [-0.25, -0.2) is 0 Å². The molecule has 1 aromatic carbocycles. The van der Waals surface area contributed by atoms with E-state index in [-0.39, 0.29) is 11.3 Å². The van der Waals surface area contributed by atoms with Gasteiger partial charge in [-0.15, -0.1) is 0 Å². The van der Waals surface area contributed by atoms with Crippen molar-refractivity contribution in [1.82, 2.24) is 5.32 Å². The third-order valence-electron chi connectivity index (χ3n) is 2.88. The summed E-state index contributed by atoms with van der Waals surface area (Å²) in [5.41, 5.74) is 0.960. The third-order valence-corrected chi connectivity index (χ3v) is 4.02. The molecule has 2 nitrogen and oxygen atoms in total. The second-order valence-corrected chi connectivity index (χ2v) is 6.91. The van der Waals surface area contributed by atoms with Crippen molar-refractivity contribution in [2.75, 3.05) is 11.9 Å². The molecule has 1 amide bonds. The lowest BCUT2D eigenvalue weighted by Crippen LogP contribution is -2.35. The molecule has 0 atom stereocenters. The Kier molecular flexibility index (Phi) is 6.64. The first-order valence-electron chi connectivity index (χ1n) is 6.11. The lowest BCUT2D eigenvalue weighted by atomic mass is 9.90. The van der Waals surface area contributed by atoms with Crippen molar-refractivity contribution in [1.29, 1.82) is 0 Å². The number of benzene rings is 1. The number of rotatable bonds is 6. The van der Waals surface area contributed by atoms with Crippen LogP contribution in [-0.2, 0) is 11.2 Å². The number of hydrogen-bond acceptors (Lipinski definition) is 1. The minimum Gasteiger partial charge on any atom is -0.355 e. The molecule has 5 heteroatoms. The fourth-order valence-corrected chi connectivity index (χ4v) is 2.97. The average molecular weight is 367 g/mol. The largest absolute Gasteiger partial charge is 0.355 e. The minimum atomic E-state index is 0.000960. The zero-order chi connectivity index (χ0) is 14.5. The fraction of sp³-hybridized carbons (Fsp3) is 0.500. The predicted molar refractivity (Wildman–Crippen MR) is 85.4 cm³/mol. The van der Waals surface area contributed by atoms with Gasteiger partial charge in [-0.1, -0.05) is 59.0 Å². The summed E-state index contributed by atoms with van der Waals surface area (Å²) in [6, 6.07) is 5.26. The van der Waals surface area contributed by atoms with E-state index in [1.807, 2.05) is 6.07 Å². The van der Waals surface area contributed by atoms with Crippen molar-refractivity contribution < 1.29 is 4.79 Å². The van der Waals surface area contributed by atoms with Crippen LogP contribution in [0.15, 0.2) is 18.2 Å². The molecule has 0 radical (unpaired) electrons. The van der Waals surface area contributed by atoms with Gasteiger partial charge in [-0.05, 0) is 29.5 Å². The van der Waals surface area contributed by atoms with Crippen molar-refractivity contribution in [3.63, 3.8) is 0 Å². The molecule has 0 fully saturated rings. The SMILES string of the molecule is CC(C)(CCBr)CNC(=O)Cc1ccc(Cl)c(Cl)c1. The van der Waals surface area contributed by atoms with E-state index in [1.54, 1.807) is 12.1 Å². The fourth-order valence-electron chi connectivity index (χ4n) is 1.58. The highest BCUT2D eigenvalue weighted by Gasteiger charge is 2.18. The van der Waals surface area contributed by atoms with Crippen molar-refractivity contribution in [2.45, 2.75) is 26.7 Å². The van der Waals surface area contributed by atoms with Gasteiger partial charge in [0.15, 0.2) is 0 Å². The number of carbonyl (C=O) groups is 1. The van der Waals surface area contributed by atoms with E-state index in [4.69, 9.17) is 23.2 Å². The van der Waals surface area contributed by atoms with Crippen LogP contribution in [0.3, 0.4) is 0 Å². The van der Waals surface area contributed by atoms with Gasteiger partial charge in [0.05, 0.1) is 16.5 Å². The van der Waals surface area contributed by atoms with Crippen LogP contribution in [-0.4, -0.2) is 17.8 Å². The number of hydrogen-bond donors (Lipinski definition) is 1. The molecule has 0 bridgehead atoms. The monoisotopic (exact) mass is 365 g/mol. The number of nitrogens with one attached hydrogen (secondary N) is 1. The van der Waals surface area contributed by atoms with Gasteiger partial charge in [0.1, 0.15) is 0 Å². The van der Waals surface area contributed by atoms with Crippen LogP contribution in [0.5, 0.6) is 0 Å². The van der Waals surface area contributed by atoms with E-state index < -0.39 is 0 Å². The molecule has 19 heavy (non-hydrogen) atoms. The summed E-state index contributed by atoms with van der Waals surface area (Å²) in [7, 11) is 0. The first kappa shape index (κ1) is 16.8. The Morgan fingerprint density at radius 2 is 2.00 bits per heavy atom. The molecular weight excluding hydrogens is 349 g/mol. The van der Waals surface area contributed by atoms with Crippen LogP contribution in [0, 0.1) is 5.41 Å². The Labute approximate surface area is 133 Å². The Morgan fingerprint density at radius 1 is 1.32 bits per heavy atom. The molecule has 1 N–H and O–H groups in total. The standard InChI is InChI=1S/C14H18BrCl2NO/c1-14(2,5-6-15)9-18-13(19)8-10-3-4-11(16)12(17)7-10/h3-4,7H,5-6,8-9H2,1-2H3,(H,18,19). The lowest BCUT2D eigenvalue weighted by molar-refractivity contribution is -0.120. The third kappa shape index (κ3) is 6.15. The molecule has 0 aliphatic rings. The maximum absolute atomic E-state index is 11.9. The number of halogens is 3. The second kappa shape index (κ2) is 7.51. The van der Waals surface area contributed by atoms with E-state index in [0.717, 1.165) is 17.3 Å². The molecule has 0 saturated heterocycles. The molecule has 0 saturated carbocycles. The second-order valence-electron chi connectivity index (χ2n) is 5.31. The maximum Gasteiger partial charge on any atom is 0.224 e. The molecule has 0 heterocycles. The molecule has 0 aromatic heterocycles. The Bertz CT molecular complexity index is 449. The summed E-state index contributed by atoms with van der Waals surface area (Å²) in [5, 5.41) is 4.87. The predicted octanol–water partition coefficient (Wildman–Crippen LogP) is 4.46. The zero-order valence-corrected chi connectivity index (χ0v) is 14.2. The van der Waals surface area contributed by atoms with Crippen LogP contribution in [0.4, 0.5) is 0 Å². The molecule has 0 aliphatic carbocycles. The van der Waals surface area contributed by atoms with Gasteiger partial charge in [0.25, 0.3) is 0 Å². The summed E-state index contributed by atoms with van der Waals surface area (Å²) in [5.74, 6) is 0.000960. The van der Waals surface area contributed by atoms with Crippen LogP contribution < -0.4 is 5.32 Å². The van der Waals surface area contributed by atoms with Crippen LogP contribution in [0.1, 0.15) is 25.8 Å². The van der Waals surface area contributed by atoms with E-state index in [0.29, 0.717) is 23.0 Å². The molecular formula is C14H18BrCl2NO. The quantitative estimate of drug-likeness (QED) is 0.739. The Morgan fingerprint density at radius 3 is 2.58 bits per heavy atom. The summed E-state index contributed by atoms with van der Waals surface area (Å²) in [4.78, 5) is 11.9. The van der Waals surface area contributed by atoms with Gasteiger partial charge < -0.3 is 5.32 Å². The van der Waals surface area contributed by atoms with Gasteiger partial charge in [-0.2, -0.15) is 0 Å². The Hall–Kier alpha value is -0.250. The zero-order valence-electron chi connectivity index (χ0n) is 11.1. The van der Waals surface area contributed by atoms with Crippen molar-refractivity contribution in [2.24, 2.45) is 5.41 Å². The van der Waals surface area contributed by atoms with Crippen molar-refractivity contribution in [3.8, 4) is 0 Å². The average Bonchev–Trinajstić information content (AvgIpc) is 2.32. The highest BCUT2D eigenvalue weighted by atomic mass is 79.9. The van der Waals surface area contributed by atoms with Gasteiger partial charge >= 0.3 is 0 Å². The molecule has 0 spiro atoms. The van der Waals surface area contributed by atoms with Gasteiger partial charge in [-0.3, -0.25) is 4.79 Å². The van der Waals surface area contributed by atoms with Gasteiger partial charge in [0.2, 0.25) is 5.91 Å². The van der Waals surface area contributed by atoms with E-state index in [1.165, 1.54) is 0 Å². The van der Waals surface area contributed by atoms with Crippen LogP contribution in [0.25, 0.3) is 0 Å². The van der Waals surface area contributed by atoms with Crippen LogP contribution in [0.2, 0.25) is 10.0 Å². The smallest absolute Gasteiger partial charge is 0.224 e. The summed E-state index contributed by atoms with van der Waals surface area (Å²) < 4.78 is 0. The maximum atomic E-state index is 11.9. The van der Waals surface area contributed by atoms with Crippen molar-refractivity contribution >= 4 is 45.0 Å². The Balaban J connectivity index is 2.49. The first-order valence-corrected chi connectivity index (χ1v) is 7.98. The summed E-state index contributed by atoms with van der Waals surface area (Å²) >= 11 is 15.2. The molecule has 0 aliphatic heterocycles. The highest BCUT2D eigenvalue weighted by molar-refractivity contribution is 9.09. The molecule has 1 rings (SSSR count). The first-order chi connectivity index (χ1) is 8.84. The van der Waals surface area contributed by atoms with E-state index in [9.17, 15) is 4.79 Å². The van der Waals surface area contributed by atoms with Crippen molar-refractivity contribution in [3.05, 3.63) is 33.8 Å². The van der Waals surface area contributed by atoms with E-state index >= 15 is 0 Å². The molecule has 106 valence electrons. The summed E-state index contributed by atoms with van der Waals surface area (Å²) in [6.07, 6.45) is 1.33. The normalized spacial score (nSPS) is 11.4. The highest BCUT2D eigenvalue weighted by Crippen LogP contribution is 2.23.